The van der Waals surface area contributed by atoms with Gasteiger partial charge in [0.15, 0.2) is 5.69 Å². The average molecular weight is 432 g/mol. The smallest absolute Gasteiger partial charge is 0.279 e. The predicted octanol–water partition coefficient (Wildman–Crippen LogP) is 5.42. The number of halogens is 1. The van der Waals surface area contributed by atoms with E-state index >= 15 is 0 Å². The number of anilines is 1. The Bertz CT molecular complexity index is 1330. The largest absolute Gasteiger partial charge is 0.320 e. The van der Waals surface area contributed by atoms with E-state index in [0.29, 0.717) is 33.6 Å². The van der Waals surface area contributed by atoms with Crippen LogP contribution in [0.25, 0.3) is 16.5 Å². The molecule has 156 valence electrons. The summed E-state index contributed by atoms with van der Waals surface area (Å²) in [7, 11) is 0. The van der Waals surface area contributed by atoms with Crippen LogP contribution in [0.1, 0.15) is 35.5 Å². The van der Waals surface area contributed by atoms with E-state index in [1.54, 1.807) is 36.4 Å². The van der Waals surface area contributed by atoms with Gasteiger partial charge in [-0.05, 0) is 48.2 Å². The molecule has 0 radical (unpaired) electrons. The normalized spacial score (nSPS) is 10.9. The van der Waals surface area contributed by atoms with Crippen LogP contribution in [0.2, 0.25) is 5.02 Å². The first-order chi connectivity index (χ1) is 15.0. The van der Waals surface area contributed by atoms with Crippen molar-refractivity contribution in [2.24, 2.45) is 0 Å². The van der Waals surface area contributed by atoms with Crippen molar-refractivity contribution in [3.05, 3.63) is 98.9 Å². The summed E-state index contributed by atoms with van der Waals surface area (Å²) in [6.07, 6.45) is 1.43. The number of hydrogen-bond acceptors (Lipinski definition) is 3. The lowest BCUT2D eigenvalue weighted by atomic mass is 10.0. The van der Waals surface area contributed by atoms with E-state index in [-0.39, 0.29) is 17.2 Å². The molecule has 0 aliphatic carbocycles. The topological polar surface area (TPSA) is 64.0 Å². The van der Waals surface area contributed by atoms with Gasteiger partial charge < -0.3 is 5.32 Å². The van der Waals surface area contributed by atoms with Crippen molar-refractivity contribution in [1.29, 1.82) is 0 Å². The maximum atomic E-state index is 13.4. The first-order valence-corrected chi connectivity index (χ1v) is 10.6. The molecule has 1 N–H and O–H groups in total. The molecule has 4 aromatic rings. The predicted molar refractivity (Wildman–Crippen MR) is 126 cm³/mol. The van der Waals surface area contributed by atoms with Crippen LogP contribution in [0, 0.1) is 0 Å². The van der Waals surface area contributed by atoms with Crippen molar-refractivity contribution in [2.45, 2.75) is 26.7 Å². The lowest BCUT2D eigenvalue weighted by molar-refractivity contribution is 0.102. The minimum absolute atomic E-state index is 0.183. The summed E-state index contributed by atoms with van der Waals surface area (Å²) in [5, 5.41) is 9.04. The molecule has 0 atom stereocenters. The highest BCUT2D eigenvalue weighted by atomic mass is 35.5. The fraction of sp³-hybridized carbons (Fsp3) is 0.160. The minimum Gasteiger partial charge on any atom is -0.320 e. The van der Waals surface area contributed by atoms with Crippen LogP contribution in [-0.4, -0.2) is 15.7 Å². The van der Waals surface area contributed by atoms with Crippen LogP contribution in [0.15, 0.2) is 71.5 Å². The van der Waals surface area contributed by atoms with Crippen LogP contribution in [0.5, 0.6) is 0 Å². The second-order valence-electron chi connectivity index (χ2n) is 7.17. The van der Waals surface area contributed by atoms with E-state index in [1.165, 1.54) is 4.68 Å². The van der Waals surface area contributed by atoms with Gasteiger partial charge in [-0.1, -0.05) is 67.9 Å². The van der Waals surface area contributed by atoms with Gasteiger partial charge in [-0.25, -0.2) is 0 Å². The summed E-state index contributed by atoms with van der Waals surface area (Å²) >= 11 is 6.40. The first-order valence-electron chi connectivity index (χ1n) is 10.2. The zero-order valence-electron chi connectivity index (χ0n) is 17.4. The number of carbonyl (C=O) groups is 1. The van der Waals surface area contributed by atoms with Gasteiger partial charge in [0.05, 0.1) is 11.1 Å². The zero-order valence-corrected chi connectivity index (χ0v) is 18.1. The highest BCUT2D eigenvalue weighted by Crippen LogP contribution is 2.30. The summed E-state index contributed by atoms with van der Waals surface area (Å²) in [5.41, 5.74) is 3.10. The van der Waals surface area contributed by atoms with Gasteiger partial charge in [0.25, 0.3) is 11.5 Å². The van der Waals surface area contributed by atoms with Crippen LogP contribution >= 0.6 is 11.6 Å². The van der Waals surface area contributed by atoms with Crippen molar-refractivity contribution in [3.63, 3.8) is 0 Å². The van der Waals surface area contributed by atoms with Crippen molar-refractivity contribution < 1.29 is 4.79 Å². The molecule has 0 fully saturated rings. The summed E-state index contributed by atoms with van der Waals surface area (Å²) in [6, 6.07) is 19.9. The van der Waals surface area contributed by atoms with E-state index in [4.69, 9.17) is 11.6 Å². The number of amides is 1. The third-order valence-electron chi connectivity index (χ3n) is 5.34. The maximum absolute atomic E-state index is 13.4. The monoisotopic (exact) mass is 431 g/mol. The van der Waals surface area contributed by atoms with E-state index in [2.05, 4.69) is 10.4 Å². The molecule has 0 saturated carbocycles. The fourth-order valence-electron chi connectivity index (χ4n) is 3.74. The molecule has 6 heteroatoms. The Morgan fingerprint density at radius 1 is 0.935 bits per heavy atom. The van der Waals surface area contributed by atoms with Crippen LogP contribution in [-0.2, 0) is 12.8 Å². The molecule has 1 heterocycles. The molecular formula is C25H22ClN3O2. The summed E-state index contributed by atoms with van der Waals surface area (Å²) in [6.45, 7) is 4.03. The molecular weight excluding hydrogens is 410 g/mol. The number of rotatable bonds is 5. The molecule has 1 aromatic heterocycles. The Balaban J connectivity index is 1.89. The molecule has 0 saturated heterocycles. The van der Waals surface area contributed by atoms with Crippen LogP contribution in [0.3, 0.4) is 0 Å². The number of para-hydroxylation sites is 1. The summed E-state index contributed by atoms with van der Waals surface area (Å²) < 4.78 is 1.27. The molecule has 0 aliphatic rings. The summed E-state index contributed by atoms with van der Waals surface area (Å²) in [5.74, 6) is -0.382. The standard InChI is InChI=1S/C25H22ClN3O2/c1-3-16-14-15-21(26)18(4-2)22(16)27-24(30)23-19-12-8-9-13-20(19)25(31)29(28-23)17-10-6-5-7-11-17/h5-15H,3-4H2,1-2H3,(H,27,30). The summed E-state index contributed by atoms with van der Waals surface area (Å²) in [4.78, 5) is 26.5. The number of nitrogens with zero attached hydrogens (tertiary/aromatic N) is 2. The van der Waals surface area contributed by atoms with E-state index in [1.807, 2.05) is 44.2 Å². The Kier molecular flexibility index (Phi) is 5.87. The zero-order chi connectivity index (χ0) is 22.0. The van der Waals surface area contributed by atoms with Crippen LogP contribution in [0.4, 0.5) is 5.69 Å². The third kappa shape index (κ3) is 3.84. The minimum atomic E-state index is -0.382. The molecule has 0 bridgehead atoms. The number of benzene rings is 3. The average Bonchev–Trinajstić information content (AvgIpc) is 2.80. The SMILES string of the molecule is CCc1ccc(Cl)c(CC)c1NC(=O)c1nn(-c2ccccc2)c(=O)c2ccccc12. The number of carbonyl (C=O) groups excluding carboxylic acids is 1. The highest BCUT2D eigenvalue weighted by Gasteiger charge is 2.20. The number of nitrogens with one attached hydrogen (secondary N) is 1. The van der Waals surface area contributed by atoms with Crippen molar-refractivity contribution in [1.82, 2.24) is 9.78 Å². The van der Waals surface area contributed by atoms with E-state index < -0.39 is 0 Å². The third-order valence-corrected chi connectivity index (χ3v) is 5.69. The number of aryl methyl sites for hydroxylation is 1. The van der Waals surface area contributed by atoms with Gasteiger partial charge in [0.2, 0.25) is 0 Å². The lowest BCUT2D eigenvalue weighted by Gasteiger charge is -2.17. The Labute approximate surface area is 185 Å². The Hall–Kier alpha value is -3.44. The quantitative estimate of drug-likeness (QED) is 0.459. The van der Waals surface area contributed by atoms with Crippen molar-refractivity contribution in [2.75, 3.05) is 5.32 Å². The van der Waals surface area contributed by atoms with Gasteiger partial charge in [-0.3, -0.25) is 9.59 Å². The molecule has 0 spiro atoms. The molecule has 1 amide bonds. The van der Waals surface area contributed by atoms with E-state index in [0.717, 1.165) is 17.5 Å². The van der Waals surface area contributed by atoms with Gasteiger partial charge in [-0.15, -0.1) is 0 Å². The van der Waals surface area contributed by atoms with Gasteiger partial charge in [-0.2, -0.15) is 9.78 Å². The van der Waals surface area contributed by atoms with Crippen molar-refractivity contribution >= 4 is 34.0 Å². The lowest BCUT2D eigenvalue weighted by Crippen LogP contribution is -2.27. The van der Waals surface area contributed by atoms with Crippen molar-refractivity contribution in [3.8, 4) is 5.69 Å². The molecule has 5 nitrogen and oxygen atoms in total. The van der Waals surface area contributed by atoms with Gasteiger partial charge in [0, 0.05) is 16.1 Å². The van der Waals surface area contributed by atoms with E-state index in [9.17, 15) is 9.59 Å². The first kappa shape index (κ1) is 20.8. The van der Waals surface area contributed by atoms with Gasteiger partial charge >= 0.3 is 0 Å². The molecule has 0 aliphatic heterocycles. The molecule has 31 heavy (non-hydrogen) atoms. The molecule has 3 aromatic carbocycles. The molecule has 0 unspecified atom stereocenters. The van der Waals surface area contributed by atoms with Crippen LogP contribution < -0.4 is 10.9 Å². The second-order valence-corrected chi connectivity index (χ2v) is 7.58. The van der Waals surface area contributed by atoms with Gasteiger partial charge in [0.1, 0.15) is 0 Å². The number of aromatic nitrogens is 2. The number of hydrogen-bond donors (Lipinski definition) is 1. The Morgan fingerprint density at radius 2 is 1.61 bits per heavy atom. The Morgan fingerprint density at radius 3 is 2.29 bits per heavy atom. The molecule has 4 rings (SSSR count). The second kappa shape index (κ2) is 8.74. The number of fused-ring (bicyclic) bond motifs is 1. The maximum Gasteiger partial charge on any atom is 0.279 e. The fourth-order valence-corrected chi connectivity index (χ4v) is 4.03. The highest BCUT2D eigenvalue weighted by molar-refractivity contribution is 6.32.